The van der Waals surface area contributed by atoms with E-state index in [2.05, 4.69) is 65.5 Å². The van der Waals surface area contributed by atoms with Crippen LogP contribution in [0.1, 0.15) is 54.9 Å². The Morgan fingerprint density at radius 3 is 2.05 bits per heavy atom. The summed E-state index contributed by atoms with van der Waals surface area (Å²) in [4.78, 5) is 14.9. The molecule has 122 valence electrons. The fraction of sp³-hybridized carbons (Fsp3) is 0.824. The number of likely N-dealkylation sites (N-methyl/N-ethyl adjacent to an activating group) is 1. The van der Waals surface area contributed by atoms with E-state index in [0.717, 1.165) is 6.42 Å². The van der Waals surface area contributed by atoms with Crippen LogP contribution in [0.3, 0.4) is 0 Å². The average Bonchev–Trinajstić information content (AvgIpc) is 2.37. The maximum atomic E-state index is 12.8. The Morgan fingerprint density at radius 1 is 1.14 bits per heavy atom. The number of rotatable bonds is 5. The summed E-state index contributed by atoms with van der Waals surface area (Å²) in [5, 5.41) is 0. The van der Waals surface area contributed by atoms with Crippen molar-refractivity contribution in [1.29, 1.82) is 0 Å². The second-order valence-corrected chi connectivity index (χ2v) is 12.7. The number of hydrogen-bond acceptors (Lipinski definition) is 3. The van der Waals surface area contributed by atoms with E-state index in [1.165, 1.54) is 0 Å². The lowest BCUT2D eigenvalue weighted by Gasteiger charge is -2.43. The summed E-state index contributed by atoms with van der Waals surface area (Å²) in [7, 11) is -0.109. The van der Waals surface area contributed by atoms with Crippen molar-refractivity contribution in [3.05, 3.63) is 12.2 Å². The molecule has 1 rings (SSSR count). The van der Waals surface area contributed by atoms with Crippen LogP contribution in [-0.4, -0.2) is 38.3 Å². The maximum Gasteiger partial charge on any atom is 0.310 e. The van der Waals surface area contributed by atoms with Crippen molar-refractivity contribution in [3.63, 3.8) is 0 Å². The first-order valence-corrected chi connectivity index (χ1v) is 10.4. The largest absolute Gasteiger partial charge is 0.517 e. The Hall–Kier alpha value is -0.613. The zero-order valence-corrected chi connectivity index (χ0v) is 16.0. The molecule has 2 atom stereocenters. The van der Waals surface area contributed by atoms with Crippen LogP contribution in [0.2, 0.25) is 16.6 Å². The minimum absolute atomic E-state index is 0.0172. The van der Waals surface area contributed by atoms with Gasteiger partial charge in [-0.1, -0.05) is 53.7 Å². The minimum Gasteiger partial charge on any atom is -0.517 e. The van der Waals surface area contributed by atoms with Gasteiger partial charge in [-0.3, -0.25) is 9.69 Å². The number of nitrogens with zero attached hydrogens (tertiary/aromatic N) is 1. The first-order valence-electron chi connectivity index (χ1n) is 8.26. The lowest BCUT2D eigenvalue weighted by Crippen LogP contribution is -2.54. The Labute approximate surface area is 131 Å². The van der Waals surface area contributed by atoms with Crippen LogP contribution in [0, 0.1) is 0 Å². The molecule has 0 aromatic carbocycles. The molecule has 3 nitrogen and oxygen atoms in total. The van der Waals surface area contributed by atoms with Gasteiger partial charge in [-0.15, -0.1) is 0 Å². The van der Waals surface area contributed by atoms with Crippen LogP contribution in [-0.2, 0) is 9.22 Å². The average molecular weight is 312 g/mol. The molecule has 0 aromatic heterocycles. The van der Waals surface area contributed by atoms with Crippen LogP contribution in [0.15, 0.2) is 12.2 Å². The van der Waals surface area contributed by atoms with Crippen LogP contribution in [0.25, 0.3) is 0 Å². The van der Waals surface area contributed by atoms with Gasteiger partial charge in [0.25, 0.3) is 8.32 Å². The standard InChI is InChI=1S/C17H33NO2Si/c1-12(2)21(13(3)4,14(5)6)20-17(19)16-11-9-10-15(7)18(16)8/h9-10,12-16H,11H2,1-8H3/t15-,16-/m0/s1. The topological polar surface area (TPSA) is 29.5 Å². The Bertz CT molecular complexity index is 368. The molecule has 0 aliphatic carbocycles. The van der Waals surface area contributed by atoms with Gasteiger partial charge in [0.2, 0.25) is 0 Å². The van der Waals surface area contributed by atoms with E-state index in [1.54, 1.807) is 0 Å². The molecule has 0 radical (unpaired) electrons. The van der Waals surface area contributed by atoms with E-state index in [1.807, 2.05) is 7.05 Å². The van der Waals surface area contributed by atoms with E-state index in [9.17, 15) is 4.79 Å². The first kappa shape index (κ1) is 18.4. The molecule has 0 bridgehead atoms. The highest BCUT2D eigenvalue weighted by atomic mass is 28.4. The summed E-state index contributed by atoms with van der Waals surface area (Å²) in [5.74, 6) is -0.0172. The van der Waals surface area contributed by atoms with E-state index in [0.29, 0.717) is 22.7 Å². The molecule has 21 heavy (non-hydrogen) atoms. The normalized spacial score (nSPS) is 24.1. The van der Waals surface area contributed by atoms with Crippen LogP contribution in [0.5, 0.6) is 0 Å². The lowest BCUT2D eigenvalue weighted by molar-refractivity contribution is -0.142. The molecule has 0 fully saturated rings. The van der Waals surface area contributed by atoms with Gasteiger partial charge in [0.15, 0.2) is 0 Å². The van der Waals surface area contributed by atoms with E-state index in [-0.39, 0.29) is 12.0 Å². The Balaban J connectivity index is 2.99. The third kappa shape index (κ3) is 3.59. The van der Waals surface area contributed by atoms with Crippen molar-refractivity contribution in [1.82, 2.24) is 4.90 Å². The lowest BCUT2D eigenvalue weighted by atomic mass is 10.0. The Kier molecular flexibility index (Phi) is 6.23. The van der Waals surface area contributed by atoms with E-state index < -0.39 is 8.32 Å². The van der Waals surface area contributed by atoms with Crippen molar-refractivity contribution in [3.8, 4) is 0 Å². The molecule has 0 spiro atoms. The summed E-state index contributed by atoms with van der Waals surface area (Å²) in [6.07, 6.45) is 5.03. The van der Waals surface area contributed by atoms with Gasteiger partial charge in [-0.25, -0.2) is 0 Å². The zero-order valence-electron chi connectivity index (χ0n) is 15.0. The van der Waals surface area contributed by atoms with Gasteiger partial charge in [0, 0.05) is 6.04 Å². The maximum absolute atomic E-state index is 12.8. The summed E-state index contributed by atoms with van der Waals surface area (Å²) in [6.45, 7) is 15.4. The van der Waals surface area contributed by atoms with Crippen LogP contribution in [0.4, 0.5) is 0 Å². The predicted molar refractivity (Wildman–Crippen MR) is 91.9 cm³/mol. The van der Waals surface area contributed by atoms with Crippen molar-refractivity contribution >= 4 is 14.3 Å². The van der Waals surface area contributed by atoms with Crippen LogP contribution >= 0.6 is 0 Å². The van der Waals surface area contributed by atoms with Crippen molar-refractivity contribution in [2.24, 2.45) is 0 Å². The van der Waals surface area contributed by atoms with Gasteiger partial charge in [0.05, 0.1) is 0 Å². The number of carbonyl (C=O) groups excluding carboxylic acids is 1. The monoisotopic (exact) mass is 311 g/mol. The summed E-state index contributed by atoms with van der Waals surface area (Å²) >= 11 is 0. The quantitative estimate of drug-likeness (QED) is 0.558. The highest BCUT2D eigenvalue weighted by Gasteiger charge is 2.49. The van der Waals surface area contributed by atoms with Gasteiger partial charge < -0.3 is 4.43 Å². The first-order chi connectivity index (χ1) is 9.64. The van der Waals surface area contributed by atoms with Crippen molar-refractivity contribution in [2.45, 2.75) is 83.6 Å². The molecule has 0 saturated heterocycles. The molecular weight excluding hydrogens is 278 g/mol. The Morgan fingerprint density at radius 2 is 1.62 bits per heavy atom. The smallest absolute Gasteiger partial charge is 0.310 e. The highest BCUT2D eigenvalue weighted by molar-refractivity contribution is 6.79. The fourth-order valence-electron chi connectivity index (χ4n) is 3.85. The fourth-order valence-corrected chi connectivity index (χ4v) is 9.04. The third-order valence-electron chi connectivity index (χ3n) is 5.16. The summed E-state index contributed by atoms with van der Waals surface area (Å²) in [6, 6.07) is 0.164. The predicted octanol–water partition coefficient (Wildman–Crippen LogP) is 4.35. The van der Waals surface area contributed by atoms with Gasteiger partial charge >= 0.3 is 5.97 Å². The molecule has 0 aromatic rings. The molecule has 1 aliphatic heterocycles. The van der Waals surface area contributed by atoms with Gasteiger partial charge in [0.1, 0.15) is 6.04 Å². The van der Waals surface area contributed by atoms with E-state index in [4.69, 9.17) is 4.43 Å². The van der Waals surface area contributed by atoms with Gasteiger partial charge in [-0.2, -0.15) is 0 Å². The molecule has 0 N–H and O–H groups in total. The molecular formula is C17H33NO2Si. The second-order valence-electron chi connectivity index (χ2n) is 7.32. The zero-order chi connectivity index (χ0) is 16.4. The SMILES string of the molecule is CC(C)[Si](OC(=O)[C@@H]1CC=C[C@H](C)N1C)(C(C)C)C(C)C. The molecule has 0 saturated carbocycles. The van der Waals surface area contributed by atoms with Crippen molar-refractivity contribution in [2.75, 3.05) is 7.05 Å². The molecule has 0 amide bonds. The second kappa shape index (κ2) is 7.10. The van der Waals surface area contributed by atoms with Gasteiger partial charge in [-0.05, 0) is 37.0 Å². The number of hydrogen-bond donors (Lipinski definition) is 0. The molecule has 1 heterocycles. The molecule has 0 unspecified atom stereocenters. The van der Waals surface area contributed by atoms with Crippen molar-refractivity contribution < 1.29 is 9.22 Å². The van der Waals surface area contributed by atoms with E-state index >= 15 is 0 Å². The molecule has 1 aliphatic rings. The summed E-state index contributed by atoms with van der Waals surface area (Å²) in [5.41, 5.74) is 1.30. The third-order valence-corrected chi connectivity index (χ3v) is 11.1. The van der Waals surface area contributed by atoms with Crippen LogP contribution < -0.4 is 0 Å². The summed E-state index contributed by atoms with van der Waals surface area (Å²) < 4.78 is 6.31. The number of carbonyl (C=O) groups is 1. The minimum atomic E-state index is -2.13. The molecule has 4 heteroatoms. The highest BCUT2D eigenvalue weighted by Crippen LogP contribution is 2.42.